The van der Waals surface area contributed by atoms with Crippen molar-refractivity contribution in [3.8, 4) is 0 Å². The molecule has 0 radical (unpaired) electrons. The van der Waals surface area contributed by atoms with Gasteiger partial charge < -0.3 is 20.8 Å². The zero-order valence-electron chi connectivity index (χ0n) is 13.2. The number of hydrogen-bond acceptors (Lipinski definition) is 4. The van der Waals surface area contributed by atoms with E-state index in [0.717, 1.165) is 5.56 Å². The second-order valence-corrected chi connectivity index (χ2v) is 5.24. The number of amides is 2. The maximum Gasteiger partial charge on any atom is 0.326 e. The van der Waals surface area contributed by atoms with Gasteiger partial charge in [0, 0.05) is 6.42 Å². The van der Waals surface area contributed by atoms with Gasteiger partial charge in [0.05, 0.1) is 0 Å². The monoisotopic (exact) mass is 322 g/mol. The van der Waals surface area contributed by atoms with Crippen molar-refractivity contribution in [2.24, 2.45) is 0 Å². The molecule has 0 saturated carbocycles. The van der Waals surface area contributed by atoms with Crippen molar-refractivity contribution >= 4 is 17.8 Å². The zero-order chi connectivity index (χ0) is 17.4. The van der Waals surface area contributed by atoms with E-state index in [-0.39, 0.29) is 12.8 Å². The Labute approximate surface area is 134 Å². The Balaban J connectivity index is 2.63. The van der Waals surface area contributed by atoms with Gasteiger partial charge in [-0.3, -0.25) is 9.59 Å². The van der Waals surface area contributed by atoms with E-state index in [2.05, 4.69) is 10.6 Å². The lowest BCUT2D eigenvalue weighted by Gasteiger charge is -2.19. The average molecular weight is 322 g/mol. The van der Waals surface area contributed by atoms with Crippen molar-refractivity contribution in [2.75, 3.05) is 0 Å². The van der Waals surface area contributed by atoms with Crippen molar-refractivity contribution in [1.29, 1.82) is 0 Å². The highest BCUT2D eigenvalue weighted by Crippen LogP contribution is 2.04. The standard InChI is InChI=1S/C16H22N2O5/c1-3-13(19)15(21)17-10(2)14(20)18-12(16(22)23)9-11-7-5-4-6-8-11/h4-8,10,12-13,19H,3,9H2,1-2H3,(H,17,21)(H,18,20)(H,22,23)/t10-,12-,13?/m0/s1. The smallest absolute Gasteiger partial charge is 0.326 e. The molecule has 0 heterocycles. The first-order valence-electron chi connectivity index (χ1n) is 7.40. The third-order valence-electron chi connectivity index (χ3n) is 3.34. The molecule has 0 fully saturated rings. The molecule has 23 heavy (non-hydrogen) atoms. The van der Waals surface area contributed by atoms with Gasteiger partial charge in [-0.25, -0.2) is 4.79 Å². The minimum absolute atomic E-state index is 0.139. The number of rotatable bonds is 8. The summed E-state index contributed by atoms with van der Waals surface area (Å²) in [4.78, 5) is 34.9. The summed E-state index contributed by atoms with van der Waals surface area (Å²) in [6.45, 7) is 3.06. The second-order valence-electron chi connectivity index (χ2n) is 5.24. The number of aliphatic carboxylic acids is 1. The van der Waals surface area contributed by atoms with Crippen LogP contribution in [-0.2, 0) is 20.8 Å². The second kappa shape index (κ2) is 8.89. The number of carbonyl (C=O) groups is 3. The van der Waals surface area contributed by atoms with Gasteiger partial charge >= 0.3 is 5.97 Å². The summed E-state index contributed by atoms with van der Waals surface area (Å²) in [5.41, 5.74) is 0.776. The van der Waals surface area contributed by atoms with Crippen LogP contribution < -0.4 is 10.6 Å². The predicted octanol–water partition coefficient (Wildman–Crippen LogP) is 0.0741. The normalized spacial score (nSPS) is 14.4. The SMILES string of the molecule is CCC(O)C(=O)N[C@@H](C)C(=O)N[C@@H](Cc1ccccc1)C(=O)O. The molecule has 126 valence electrons. The molecule has 0 bridgehead atoms. The van der Waals surface area contributed by atoms with Gasteiger partial charge in [-0.05, 0) is 18.9 Å². The topological polar surface area (TPSA) is 116 Å². The molecule has 1 rings (SSSR count). The predicted molar refractivity (Wildman–Crippen MR) is 83.6 cm³/mol. The van der Waals surface area contributed by atoms with Crippen LogP contribution >= 0.6 is 0 Å². The number of carboxylic acid groups (broad SMARTS) is 1. The Kier molecular flexibility index (Phi) is 7.21. The van der Waals surface area contributed by atoms with Gasteiger partial charge in [-0.15, -0.1) is 0 Å². The van der Waals surface area contributed by atoms with Crippen molar-refractivity contribution in [3.05, 3.63) is 35.9 Å². The maximum absolute atomic E-state index is 12.0. The van der Waals surface area contributed by atoms with Gasteiger partial charge in [-0.1, -0.05) is 37.3 Å². The summed E-state index contributed by atoms with van der Waals surface area (Å²) in [7, 11) is 0. The Morgan fingerprint density at radius 3 is 2.22 bits per heavy atom. The molecule has 1 unspecified atom stereocenters. The van der Waals surface area contributed by atoms with Crippen LogP contribution in [0, 0.1) is 0 Å². The van der Waals surface area contributed by atoms with Crippen LogP contribution in [0.4, 0.5) is 0 Å². The van der Waals surface area contributed by atoms with E-state index in [4.69, 9.17) is 0 Å². The van der Waals surface area contributed by atoms with E-state index < -0.39 is 36.0 Å². The average Bonchev–Trinajstić information content (AvgIpc) is 2.53. The van der Waals surface area contributed by atoms with Crippen molar-refractivity contribution < 1.29 is 24.6 Å². The number of carbonyl (C=O) groups excluding carboxylic acids is 2. The number of hydrogen-bond donors (Lipinski definition) is 4. The molecule has 0 aliphatic carbocycles. The van der Waals surface area contributed by atoms with E-state index in [1.807, 2.05) is 6.07 Å². The third kappa shape index (κ3) is 6.07. The van der Waals surface area contributed by atoms with Crippen LogP contribution in [0.2, 0.25) is 0 Å². The highest BCUT2D eigenvalue weighted by Gasteiger charge is 2.25. The summed E-state index contributed by atoms with van der Waals surface area (Å²) in [5.74, 6) is -2.44. The lowest BCUT2D eigenvalue weighted by molar-refractivity contribution is -0.142. The number of aliphatic hydroxyl groups excluding tert-OH is 1. The molecule has 0 saturated heterocycles. The summed E-state index contributed by atoms with van der Waals surface area (Å²) < 4.78 is 0. The molecule has 0 aliphatic rings. The lowest BCUT2D eigenvalue weighted by atomic mass is 10.1. The first-order chi connectivity index (χ1) is 10.8. The number of benzene rings is 1. The number of carboxylic acids is 1. The molecule has 4 N–H and O–H groups in total. The van der Waals surface area contributed by atoms with E-state index in [1.54, 1.807) is 31.2 Å². The highest BCUT2D eigenvalue weighted by molar-refractivity contribution is 5.91. The van der Waals surface area contributed by atoms with Crippen molar-refractivity contribution in [1.82, 2.24) is 10.6 Å². The minimum Gasteiger partial charge on any atom is -0.480 e. The molecule has 3 atom stereocenters. The maximum atomic E-state index is 12.0. The van der Waals surface area contributed by atoms with E-state index in [1.165, 1.54) is 6.92 Å². The zero-order valence-corrected chi connectivity index (χ0v) is 13.2. The minimum atomic E-state index is -1.19. The van der Waals surface area contributed by atoms with Crippen LogP contribution in [0.3, 0.4) is 0 Å². The molecular formula is C16H22N2O5. The fraction of sp³-hybridized carbons (Fsp3) is 0.438. The molecule has 0 aromatic heterocycles. The first-order valence-corrected chi connectivity index (χ1v) is 7.40. The van der Waals surface area contributed by atoms with Crippen molar-refractivity contribution in [2.45, 2.75) is 44.9 Å². The van der Waals surface area contributed by atoms with Gasteiger partial charge in [0.2, 0.25) is 11.8 Å². The summed E-state index contributed by atoms with van der Waals surface area (Å²) in [6, 6.07) is 6.88. The largest absolute Gasteiger partial charge is 0.480 e. The quantitative estimate of drug-likeness (QED) is 0.541. The molecule has 2 amide bonds. The Morgan fingerprint density at radius 2 is 1.70 bits per heavy atom. The fourth-order valence-electron chi connectivity index (χ4n) is 1.91. The van der Waals surface area contributed by atoms with Gasteiger partial charge in [-0.2, -0.15) is 0 Å². The Bertz CT molecular complexity index is 547. The van der Waals surface area contributed by atoms with Gasteiger partial charge in [0.1, 0.15) is 18.2 Å². The molecule has 7 heteroatoms. The summed E-state index contributed by atoms with van der Waals surface area (Å²) >= 11 is 0. The Morgan fingerprint density at radius 1 is 1.09 bits per heavy atom. The number of nitrogens with one attached hydrogen (secondary N) is 2. The van der Waals surface area contributed by atoms with Crippen molar-refractivity contribution in [3.63, 3.8) is 0 Å². The fourth-order valence-corrected chi connectivity index (χ4v) is 1.91. The lowest BCUT2D eigenvalue weighted by Crippen LogP contribution is -2.52. The number of aliphatic hydroxyl groups is 1. The summed E-state index contributed by atoms with van der Waals surface area (Å²) in [6.07, 6.45) is -0.823. The first kappa shape index (κ1) is 18.6. The van der Waals surface area contributed by atoms with Crippen LogP contribution in [0.5, 0.6) is 0 Å². The van der Waals surface area contributed by atoms with Gasteiger partial charge in [0.25, 0.3) is 0 Å². The van der Waals surface area contributed by atoms with Crippen LogP contribution in [-0.4, -0.2) is 46.2 Å². The molecular weight excluding hydrogens is 300 g/mol. The molecule has 0 spiro atoms. The molecule has 1 aromatic rings. The van der Waals surface area contributed by atoms with Gasteiger partial charge in [0.15, 0.2) is 0 Å². The van der Waals surface area contributed by atoms with E-state index in [0.29, 0.717) is 0 Å². The molecule has 7 nitrogen and oxygen atoms in total. The summed E-state index contributed by atoms with van der Waals surface area (Å²) in [5, 5.41) is 23.4. The van der Waals surface area contributed by atoms with Crippen LogP contribution in [0.25, 0.3) is 0 Å². The third-order valence-corrected chi connectivity index (χ3v) is 3.34. The van der Waals surface area contributed by atoms with Crippen LogP contribution in [0.15, 0.2) is 30.3 Å². The van der Waals surface area contributed by atoms with E-state index >= 15 is 0 Å². The highest BCUT2D eigenvalue weighted by atomic mass is 16.4. The molecule has 1 aromatic carbocycles. The molecule has 0 aliphatic heterocycles. The Hall–Kier alpha value is -2.41. The van der Waals surface area contributed by atoms with Crippen LogP contribution in [0.1, 0.15) is 25.8 Å². The van der Waals surface area contributed by atoms with E-state index in [9.17, 15) is 24.6 Å².